The molecule has 1 aromatic carbocycles. The number of hydrogen-bond donors (Lipinski definition) is 2. The lowest BCUT2D eigenvalue weighted by atomic mass is 10.0. The zero-order chi connectivity index (χ0) is 19.9. The summed E-state index contributed by atoms with van der Waals surface area (Å²) in [5.74, 6) is 0.666. The van der Waals surface area contributed by atoms with Crippen molar-refractivity contribution in [1.82, 2.24) is 35.1 Å². The average Bonchev–Trinajstić information content (AvgIpc) is 3.43. The number of nitrogens with zero attached hydrogens (tertiary/aromatic N) is 5. The molecule has 6 rings (SSSR count). The van der Waals surface area contributed by atoms with Crippen LogP contribution in [-0.4, -0.2) is 35.1 Å². The molecule has 0 saturated carbocycles. The van der Waals surface area contributed by atoms with Crippen LogP contribution < -0.4 is 0 Å². The summed E-state index contributed by atoms with van der Waals surface area (Å²) in [6.45, 7) is 0. The zero-order valence-corrected chi connectivity index (χ0v) is 15.7. The second kappa shape index (κ2) is 6.59. The van der Waals surface area contributed by atoms with Crippen LogP contribution in [0.4, 0.5) is 0 Å². The van der Waals surface area contributed by atoms with Crippen LogP contribution in [0.25, 0.3) is 56.0 Å². The molecule has 0 atom stereocenters. The maximum absolute atomic E-state index is 4.83. The number of H-pyrrole nitrogens is 2. The Morgan fingerprint density at radius 1 is 0.767 bits per heavy atom. The number of nitrogens with one attached hydrogen (secondary N) is 2. The third-order valence-corrected chi connectivity index (χ3v) is 5.13. The Morgan fingerprint density at radius 2 is 1.70 bits per heavy atom. The van der Waals surface area contributed by atoms with Gasteiger partial charge >= 0.3 is 0 Å². The van der Waals surface area contributed by atoms with E-state index >= 15 is 0 Å². The molecule has 2 N–H and O–H groups in total. The fourth-order valence-corrected chi connectivity index (χ4v) is 3.67. The van der Waals surface area contributed by atoms with Crippen molar-refractivity contribution in [3.05, 3.63) is 79.4 Å². The second-order valence-corrected chi connectivity index (χ2v) is 6.92. The Morgan fingerprint density at radius 3 is 2.57 bits per heavy atom. The summed E-state index contributed by atoms with van der Waals surface area (Å²) in [5.41, 5.74) is 7.16. The van der Waals surface area contributed by atoms with Crippen molar-refractivity contribution in [3.63, 3.8) is 0 Å². The monoisotopic (exact) mass is 389 g/mol. The third kappa shape index (κ3) is 2.64. The number of imidazole rings is 1. The van der Waals surface area contributed by atoms with Crippen molar-refractivity contribution < 1.29 is 0 Å². The third-order valence-electron chi connectivity index (χ3n) is 5.13. The highest BCUT2D eigenvalue weighted by Gasteiger charge is 2.16. The molecule has 30 heavy (non-hydrogen) atoms. The van der Waals surface area contributed by atoms with E-state index in [9.17, 15) is 0 Å². The van der Waals surface area contributed by atoms with E-state index in [1.807, 2.05) is 42.5 Å². The molecule has 0 spiro atoms. The first kappa shape index (κ1) is 16.6. The van der Waals surface area contributed by atoms with Gasteiger partial charge in [-0.3, -0.25) is 15.1 Å². The maximum Gasteiger partial charge on any atom is 0.160 e. The van der Waals surface area contributed by atoms with Gasteiger partial charge in [-0.15, -0.1) is 0 Å². The van der Waals surface area contributed by atoms with Gasteiger partial charge in [0, 0.05) is 35.7 Å². The van der Waals surface area contributed by atoms with Crippen molar-refractivity contribution in [3.8, 4) is 33.9 Å². The lowest BCUT2D eigenvalue weighted by Gasteiger charge is -2.01. The first-order valence-electron chi connectivity index (χ1n) is 9.52. The normalized spacial score (nSPS) is 11.3. The molecule has 0 aliphatic heterocycles. The van der Waals surface area contributed by atoms with Crippen LogP contribution in [-0.2, 0) is 0 Å². The Balaban J connectivity index is 1.52. The molecule has 0 amide bonds. The zero-order valence-electron chi connectivity index (χ0n) is 15.7. The van der Waals surface area contributed by atoms with E-state index in [4.69, 9.17) is 4.98 Å². The molecular formula is C23H15N7. The Bertz CT molecular complexity index is 1480. The fraction of sp³-hybridized carbons (Fsp3) is 0. The number of fused-ring (bicyclic) bond motifs is 2. The largest absolute Gasteiger partial charge is 0.321 e. The first-order chi connectivity index (χ1) is 14.9. The quantitative estimate of drug-likeness (QED) is 0.460. The van der Waals surface area contributed by atoms with Crippen LogP contribution >= 0.6 is 0 Å². The van der Waals surface area contributed by atoms with Crippen LogP contribution in [0, 0.1) is 0 Å². The average molecular weight is 389 g/mol. The molecule has 7 nitrogen and oxygen atoms in total. The van der Waals surface area contributed by atoms with E-state index in [1.54, 1.807) is 24.8 Å². The lowest BCUT2D eigenvalue weighted by molar-refractivity contribution is 1.10. The smallest absolute Gasteiger partial charge is 0.160 e. The molecule has 0 fully saturated rings. The van der Waals surface area contributed by atoms with Gasteiger partial charge in [0.2, 0.25) is 0 Å². The summed E-state index contributed by atoms with van der Waals surface area (Å²) in [6, 6.07) is 18.0. The summed E-state index contributed by atoms with van der Waals surface area (Å²) in [7, 11) is 0. The van der Waals surface area contributed by atoms with Gasteiger partial charge in [0.05, 0.1) is 11.2 Å². The molecule has 0 radical (unpaired) electrons. The van der Waals surface area contributed by atoms with Gasteiger partial charge < -0.3 is 4.98 Å². The predicted molar refractivity (Wildman–Crippen MR) is 115 cm³/mol. The number of pyridine rings is 3. The van der Waals surface area contributed by atoms with E-state index in [0.717, 1.165) is 44.5 Å². The van der Waals surface area contributed by atoms with Gasteiger partial charge in [0.25, 0.3) is 0 Å². The van der Waals surface area contributed by atoms with E-state index in [-0.39, 0.29) is 0 Å². The first-order valence-corrected chi connectivity index (χ1v) is 9.52. The standard InChI is InChI=1S/C23H15N7/c1-2-9-25-18(3-1)16-8-12-26-22-20(16)27-23(28-22)21-17-13-15(4-5-19(17)29-30-21)14-6-10-24-11-7-14/h1-13H,(H,29,30)(H,26,27,28). The van der Waals surface area contributed by atoms with Gasteiger partial charge in [-0.05, 0) is 53.6 Å². The van der Waals surface area contributed by atoms with Crippen molar-refractivity contribution in [2.75, 3.05) is 0 Å². The summed E-state index contributed by atoms with van der Waals surface area (Å²) >= 11 is 0. The van der Waals surface area contributed by atoms with Gasteiger partial charge in [0.1, 0.15) is 11.2 Å². The molecule has 142 valence electrons. The van der Waals surface area contributed by atoms with Crippen molar-refractivity contribution in [2.45, 2.75) is 0 Å². The van der Waals surface area contributed by atoms with Gasteiger partial charge in [0.15, 0.2) is 11.5 Å². The van der Waals surface area contributed by atoms with E-state index in [2.05, 4.69) is 42.3 Å². The molecule has 0 unspecified atom stereocenters. The van der Waals surface area contributed by atoms with E-state index in [1.165, 1.54) is 0 Å². The molecular weight excluding hydrogens is 374 g/mol. The minimum absolute atomic E-state index is 0.666. The van der Waals surface area contributed by atoms with Crippen LogP contribution in [0.2, 0.25) is 0 Å². The van der Waals surface area contributed by atoms with Gasteiger partial charge in [-0.1, -0.05) is 12.1 Å². The summed E-state index contributed by atoms with van der Waals surface area (Å²) in [5, 5.41) is 8.61. The van der Waals surface area contributed by atoms with Crippen LogP contribution in [0.5, 0.6) is 0 Å². The van der Waals surface area contributed by atoms with Crippen molar-refractivity contribution >= 4 is 22.1 Å². The lowest BCUT2D eigenvalue weighted by Crippen LogP contribution is -1.85. The number of aromatic nitrogens is 7. The SMILES string of the molecule is c1ccc(-c2ccnc3[nH]c(-c4n[nH]c5ccc(-c6ccncc6)cc45)nc23)nc1. The molecule has 0 aliphatic carbocycles. The molecule has 6 aromatic rings. The van der Waals surface area contributed by atoms with Crippen LogP contribution in [0.15, 0.2) is 79.4 Å². The molecule has 0 aliphatic rings. The Labute approximate surface area is 170 Å². The van der Waals surface area contributed by atoms with Crippen molar-refractivity contribution in [2.24, 2.45) is 0 Å². The fourth-order valence-electron chi connectivity index (χ4n) is 3.67. The number of hydrogen-bond acceptors (Lipinski definition) is 5. The predicted octanol–water partition coefficient (Wildman–Crippen LogP) is 4.63. The number of rotatable bonds is 3. The second-order valence-electron chi connectivity index (χ2n) is 6.92. The minimum Gasteiger partial charge on any atom is -0.321 e. The highest BCUT2D eigenvalue weighted by molar-refractivity contribution is 5.97. The Hall–Kier alpha value is -4.39. The molecule has 5 aromatic heterocycles. The number of benzene rings is 1. The molecule has 0 saturated heterocycles. The highest BCUT2D eigenvalue weighted by atomic mass is 15.1. The summed E-state index contributed by atoms with van der Waals surface area (Å²) in [4.78, 5) is 21.2. The molecule has 0 bridgehead atoms. The minimum atomic E-state index is 0.666. The highest BCUT2D eigenvalue weighted by Crippen LogP contribution is 2.31. The van der Waals surface area contributed by atoms with Crippen LogP contribution in [0.3, 0.4) is 0 Å². The summed E-state index contributed by atoms with van der Waals surface area (Å²) < 4.78 is 0. The van der Waals surface area contributed by atoms with E-state index in [0.29, 0.717) is 11.5 Å². The number of aromatic amines is 2. The Kier molecular flexibility index (Phi) is 3.64. The van der Waals surface area contributed by atoms with E-state index < -0.39 is 0 Å². The van der Waals surface area contributed by atoms with Crippen molar-refractivity contribution in [1.29, 1.82) is 0 Å². The molecule has 5 heterocycles. The summed E-state index contributed by atoms with van der Waals surface area (Å²) in [6.07, 6.45) is 7.12. The topological polar surface area (TPSA) is 96.0 Å². The van der Waals surface area contributed by atoms with Gasteiger partial charge in [-0.25, -0.2) is 9.97 Å². The maximum atomic E-state index is 4.83. The van der Waals surface area contributed by atoms with Crippen LogP contribution in [0.1, 0.15) is 0 Å². The molecule has 7 heteroatoms. The van der Waals surface area contributed by atoms with Gasteiger partial charge in [-0.2, -0.15) is 5.10 Å².